The van der Waals surface area contributed by atoms with Crippen LogP contribution in [0.25, 0.3) is 0 Å². The highest BCUT2D eigenvalue weighted by atomic mass is 19.4. The molecule has 2 bridgehead atoms. The molecule has 1 aromatic rings. The molecule has 2 N–H and O–H groups in total. The molecule has 1 aliphatic heterocycles. The van der Waals surface area contributed by atoms with Crippen LogP contribution in [0.5, 0.6) is 5.75 Å². The van der Waals surface area contributed by atoms with Crippen molar-refractivity contribution in [3.63, 3.8) is 0 Å². The van der Waals surface area contributed by atoms with Crippen LogP contribution < -0.4 is 10.1 Å². The zero-order valence-corrected chi connectivity index (χ0v) is 16.8. The van der Waals surface area contributed by atoms with Gasteiger partial charge in [0.05, 0.1) is 0 Å². The van der Waals surface area contributed by atoms with Crippen LogP contribution in [0, 0.1) is 5.92 Å². The van der Waals surface area contributed by atoms with Crippen molar-refractivity contribution in [2.75, 3.05) is 13.3 Å². The number of carbonyl (C=O) groups excluding carboxylic acids is 1. The minimum Gasteiger partial charge on any atom is -0.475 e. The van der Waals surface area contributed by atoms with Crippen molar-refractivity contribution in [1.82, 2.24) is 5.32 Å². The lowest BCUT2D eigenvalue weighted by molar-refractivity contribution is -0.192. The molecule has 0 unspecified atom stereocenters. The summed E-state index contributed by atoms with van der Waals surface area (Å²) in [6.07, 6.45) is 2.62. The van der Waals surface area contributed by atoms with Gasteiger partial charge in [-0.25, -0.2) is 4.79 Å². The van der Waals surface area contributed by atoms with Crippen LogP contribution in [-0.2, 0) is 26.2 Å². The number of nitrogens with one attached hydrogen (secondary N) is 1. The van der Waals surface area contributed by atoms with Crippen LogP contribution in [0.3, 0.4) is 0 Å². The van der Waals surface area contributed by atoms with Gasteiger partial charge in [-0.2, -0.15) is 13.2 Å². The summed E-state index contributed by atoms with van der Waals surface area (Å²) in [6.45, 7) is 2.52. The first-order valence-corrected chi connectivity index (χ1v) is 10.1. The van der Waals surface area contributed by atoms with Crippen LogP contribution in [0.1, 0.15) is 50.2 Å². The van der Waals surface area contributed by atoms with Crippen molar-refractivity contribution < 1.29 is 37.3 Å². The molecule has 0 radical (unpaired) electrons. The number of ether oxygens (including phenoxy) is 2. The molecule has 9 heteroatoms. The van der Waals surface area contributed by atoms with E-state index in [1.807, 2.05) is 6.07 Å². The molecule has 1 saturated carbocycles. The van der Waals surface area contributed by atoms with E-state index in [2.05, 4.69) is 17.4 Å². The van der Waals surface area contributed by atoms with E-state index in [-0.39, 0.29) is 12.8 Å². The molecule has 0 spiro atoms. The van der Waals surface area contributed by atoms with Gasteiger partial charge in [-0.05, 0) is 61.4 Å². The molecular weight excluding hydrogens is 403 g/mol. The van der Waals surface area contributed by atoms with Gasteiger partial charge in [-0.1, -0.05) is 18.9 Å². The molecule has 3 aliphatic rings. The lowest BCUT2D eigenvalue weighted by Gasteiger charge is -2.56. The highest BCUT2D eigenvalue weighted by molar-refractivity contribution is 5.73. The number of fused-ring (bicyclic) bond motifs is 1. The summed E-state index contributed by atoms with van der Waals surface area (Å²) in [5, 5.41) is 10.9. The van der Waals surface area contributed by atoms with Crippen molar-refractivity contribution in [3.05, 3.63) is 29.3 Å². The Balaban J connectivity index is 0.000000318. The Kier molecular flexibility index (Phi) is 6.59. The molecule has 0 aromatic heterocycles. The number of alkyl halides is 3. The average Bonchev–Trinajstić information content (AvgIpc) is 2.68. The van der Waals surface area contributed by atoms with E-state index in [0.717, 1.165) is 24.6 Å². The zero-order valence-electron chi connectivity index (χ0n) is 16.8. The highest BCUT2D eigenvalue weighted by Crippen LogP contribution is 2.54. The van der Waals surface area contributed by atoms with Gasteiger partial charge in [0.15, 0.2) is 0 Å². The lowest BCUT2D eigenvalue weighted by Crippen LogP contribution is -2.59. The van der Waals surface area contributed by atoms with Crippen LogP contribution in [-0.4, -0.2) is 42.6 Å². The number of carboxylic acids is 1. The lowest BCUT2D eigenvalue weighted by atomic mass is 9.53. The predicted octanol–water partition coefficient (Wildman–Crippen LogP) is 3.57. The third-order valence-corrected chi connectivity index (χ3v) is 6.35. The Bertz CT molecular complexity index is 793. The molecule has 2 aliphatic carbocycles. The largest absolute Gasteiger partial charge is 0.490 e. The van der Waals surface area contributed by atoms with Crippen LogP contribution in [0.4, 0.5) is 13.2 Å². The summed E-state index contributed by atoms with van der Waals surface area (Å²) < 4.78 is 42.3. The van der Waals surface area contributed by atoms with E-state index in [1.54, 1.807) is 0 Å². The molecule has 1 aromatic carbocycles. The number of hydrogen-bond acceptors (Lipinski definition) is 5. The van der Waals surface area contributed by atoms with Crippen molar-refractivity contribution in [2.45, 2.75) is 63.1 Å². The predicted molar refractivity (Wildman–Crippen MR) is 101 cm³/mol. The van der Waals surface area contributed by atoms with Crippen LogP contribution in [0.2, 0.25) is 0 Å². The molecule has 2 fully saturated rings. The molecule has 6 nitrogen and oxygen atoms in total. The second-order valence-electron chi connectivity index (χ2n) is 8.04. The van der Waals surface area contributed by atoms with E-state index < -0.39 is 12.1 Å². The van der Waals surface area contributed by atoms with Crippen molar-refractivity contribution >= 4 is 11.9 Å². The first-order valence-electron chi connectivity index (χ1n) is 10.1. The monoisotopic (exact) mass is 429 g/mol. The molecule has 30 heavy (non-hydrogen) atoms. The maximum atomic E-state index is 10.9. The SMILES string of the molecule is CC(=O)OCOc1ccc2c(c1)[C@@]13CCCC[C@@H]1[C@H](C2)NCC3.O=C(O)C(F)(F)F. The zero-order chi connectivity index (χ0) is 21.9. The van der Waals surface area contributed by atoms with E-state index in [9.17, 15) is 18.0 Å². The van der Waals surface area contributed by atoms with E-state index in [1.165, 1.54) is 50.2 Å². The van der Waals surface area contributed by atoms with E-state index in [0.29, 0.717) is 11.5 Å². The van der Waals surface area contributed by atoms with E-state index >= 15 is 0 Å². The number of rotatable bonds is 3. The number of hydrogen-bond donors (Lipinski definition) is 2. The number of benzene rings is 1. The van der Waals surface area contributed by atoms with Crippen molar-refractivity contribution in [1.29, 1.82) is 0 Å². The topological polar surface area (TPSA) is 84.9 Å². The third-order valence-electron chi connectivity index (χ3n) is 6.35. The number of esters is 1. The molecular formula is C21H26F3NO5. The van der Waals surface area contributed by atoms with Gasteiger partial charge in [0.1, 0.15) is 5.75 Å². The summed E-state index contributed by atoms with van der Waals surface area (Å²) in [4.78, 5) is 19.8. The first-order chi connectivity index (χ1) is 14.1. The van der Waals surface area contributed by atoms with Gasteiger partial charge < -0.3 is 19.9 Å². The minimum absolute atomic E-state index is 0.00523. The maximum absolute atomic E-state index is 10.9. The normalized spacial score (nSPS) is 26.9. The molecule has 166 valence electrons. The number of piperidine rings is 1. The van der Waals surface area contributed by atoms with Gasteiger partial charge in [0.2, 0.25) is 6.79 Å². The number of carbonyl (C=O) groups is 2. The smallest absolute Gasteiger partial charge is 0.475 e. The van der Waals surface area contributed by atoms with Crippen molar-refractivity contribution in [2.24, 2.45) is 5.92 Å². The second kappa shape index (κ2) is 8.83. The highest BCUT2D eigenvalue weighted by Gasteiger charge is 2.51. The fraction of sp³-hybridized carbons (Fsp3) is 0.619. The molecule has 3 atom stereocenters. The molecule has 4 rings (SSSR count). The third kappa shape index (κ3) is 4.71. The minimum atomic E-state index is -5.08. The van der Waals surface area contributed by atoms with Gasteiger partial charge in [0.25, 0.3) is 0 Å². The van der Waals surface area contributed by atoms with Gasteiger partial charge in [-0.3, -0.25) is 4.79 Å². The van der Waals surface area contributed by atoms with Crippen LogP contribution in [0.15, 0.2) is 18.2 Å². The van der Waals surface area contributed by atoms with Crippen molar-refractivity contribution in [3.8, 4) is 5.75 Å². The second-order valence-corrected chi connectivity index (χ2v) is 8.04. The number of carboxylic acid groups (broad SMARTS) is 1. The summed E-state index contributed by atoms with van der Waals surface area (Å²) in [5.74, 6) is -1.48. The Morgan fingerprint density at radius 1 is 1.27 bits per heavy atom. The van der Waals surface area contributed by atoms with Gasteiger partial charge in [-0.15, -0.1) is 0 Å². The van der Waals surface area contributed by atoms with E-state index in [4.69, 9.17) is 19.4 Å². The van der Waals surface area contributed by atoms with Gasteiger partial charge in [0, 0.05) is 18.4 Å². The molecule has 1 heterocycles. The van der Waals surface area contributed by atoms with Crippen LogP contribution >= 0.6 is 0 Å². The summed E-state index contributed by atoms with van der Waals surface area (Å²) >= 11 is 0. The number of halogens is 3. The fourth-order valence-electron chi connectivity index (χ4n) is 5.17. The Hall–Kier alpha value is -2.29. The maximum Gasteiger partial charge on any atom is 0.490 e. The average molecular weight is 429 g/mol. The summed E-state index contributed by atoms with van der Waals surface area (Å²) in [5.41, 5.74) is 3.31. The quantitative estimate of drug-likeness (QED) is 0.565. The fourth-order valence-corrected chi connectivity index (χ4v) is 5.17. The first kappa shape index (κ1) is 22.4. The molecule has 1 saturated heterocycles. The Morgan fingerprint density at radius 2 is 2.00 bits per heavy atom. The standard InChI is InChI=1S/C19H25NO3.C2HF3O2/c1-13(21)22-12-23-15-6-5-14-10-18-16-4-2-3-7-19(16,8-9-20-18)17(14)11-15;3-2(4,5)1(6)7/h5-6,11,16,18,20H,2-4,7-10,12H2,1H3;(H,6,7)/t16-,18+,19-;/m1./s1. The summed E-state index contributed by atoms with van der Waals surface area (Å²) in [7, 11) is 0. The summed E-state index contributed by atoms with van der Waals surface area (Å²) in [6, 6.07) is 7.09. The Morgan fingerprint density at radius 3 is 2.67 bits per heavy atom. The number of aliphatic carboxylic acids is 1. The Labute approximate surface area is 172 Å². The molecule has 0 amide bonds. The van der Waals surface area contributed by atoms with Gasteiger partial charge >= 0.3 is 18.1 Å².